The lowest BCUT2D eigenvalue weighted by Crippen LogP contribution is -2.35. The maximum absolute atomic E-state index is 10.6. The van der Waals surface area contributed by atoms with Crippen molar-refractivity contribution in [2.75, 3.05) is 0 Å². The number of nitrogens with two attached hydrogens (primary N) is 1. The van der Waals surface area contributed by atoms with Gasteiger partial charge in [-0.05, 0) is 30.6 Å². The van der Waals surface area contributed by atoms with Crippen LogP contribution in [0.5, 0.6) is 0 Å². The van der Waals surface area contributed by atoms with Crippen LogP contribution < -0.4 is 11.2 Å². The summed E-state index contributed by atoms with van der Waals surface area (Å²) < 4.78 is 0. The third kappa shape index (κ3) is 1.27. The second-order valence-corrected chi connectivity index (χ2v) is 5.53. The van der Waals surface area contributed by atoms with E-state index in [4.69, 9.17) is 5.73 Å². The molecule has 84 valence electrons. The van der Waals surface area contributed by atoms with Gasteiger partial charge in [-0.3, -0.25) is 0 Å². The Bertz CT molecular complexity index is 335. The molecule has 0 unspecified atom stereocenters. The molecule has 0 radical (unpaired) electrons. The summed E-state index contributed by atoms with van der Waals surface area (Å²) in [6, 6.07) is -0.577. The monoisotopic (exact) mass is 209 g/mol. The minimum atomic E-state index is -0.577. The third-order valence-corrected chi connectivity index (χ3v) is 4.81. The zero-order valence-corrected chi connectivity index (χ0v) is 9.63. The molecule has 0 aromatic heterocycles. The lowest BCUT2D eigenvalue weighted by Gasteiger charge is -2.34. The lowest BCUT2D eigenvalue weighted by atomic mass is 9.70. The third-order valence-electron chi connectivity index (χ3n) is 4.81. The zero-order valence-electron chi connectivity index (χ0n) is 9.63. The maximum atomic E-state index is 10.6. The largest absolute Gasteiger partial charge is 0.350 e. The number of hydrogen-bond acceptors (Lipinski definition) is 2. The molecule has 15 heavy (non-hydrogen) atoms. The predicted molar refractivity (Wildman–Crippen MR) is 59.4 cm³/mol. The zero-order chi connectivity index (χ0) is 11.3. The number of nitrogens with zero attached hydrogens (tertiary/aromatic N) is 1. The number of carbonyl (C=O) groups is 1. The molecule has 2 fully saturated rings. The molecule has 0 saturated heterocycles. The number of nitrogens with one attached hydrogen (secondary N) is 1. The van der Waals surface area contributed by atoms with Crippen LogP contribution in [0.1, 0.15) is 40.0 Å². The summed E-state index contributed by atoms with van der Waals surface area (Å²) in [5.41, 5.74) is 8.93. The minimum Gasteiger partial charge on any atom is -0.350 e. The number of primary amides is 1. The molecule has 2 aliphatic carbocycles. The van der Waals surface area contributed by atoms with Crippen LogP contribution in [0.2, 0.25) is 0 Å². The Morgan fingerprint density at radius 3 is 2.60 bits per heavy atom. The maximum Gasteiger partial charge on any atom is 0.332 e. The number of hydrazone groups is 1. The van der Waals surface area contributed by atoms with Gasteiger partial charge in [-0.15, -0.1) is 0 Å². The molecule has 2 aliphatic rings. The first-order chi connectivity index (χ1) is 6.88. The summed E-state index contributed by atoms with van der Waals surface area (Å²) in [7, 11) is 0. The highest BCUT2D eigenvalue weighted by molar-refractivity contribution is 5.94. The fourth-order valence-electron chi connectivity index (χ4n) is 3.22. The Labute approximate surface area is 90.3 Å². The molecule has 0 spiro atoms. The summed E-state index contributed by atoms with van der Waals surface area (Å²) in [5, 5.41) is 4.16. The van der Waals surface area contributed by atoms with E-state index in [2.05, 4.69) is 31.3 Å². The second-order valence-electron chi connectivity index (χ2n) is 5.53. The average Bonchev–Trinajstić information content (AvgIpc) is 2.46. The number of hydrogen-bond donors (Lipinski definition) is 2. The van der Waals surface area contributed by atoms with Crippen LogP contribution >= 0.6 is 0 Å². The van der Waals surface area contributed by atoms with Gasteiger partial charge in [0.2, 0.25) is 0 Å². The van der Waals surface area contributed by atoms with Crippen LogP contribution in [-0.4, -0.2) is 11.7 Å². The van der Waals surface area contributed by atoms with E-state index in [0.29, 0.717) is 11.3 Å². The Morgan fingerprint density at radius 2 is 2.20 bits per heavy atom. The Balaban J connectivity index is 2.26. The molecule has 0 aliphatic heterocycles. The molecule has 3 N–H and O–H groups in total. The Hall–Kier alpha value is -1.06. The highest BCUT2D eigenvalue weighted by Crippen LogP contribution is 2.63. The number of urea groups is 1. The SMILES string of the molecule is CC1(C)[C@@H]2CC[C@]1(C)/C(=N/NC(N)=O)C2. The normalized spacial score (nSPS) is 39.7. The van der Waals surface area contributed by atoms with E-state index in [1.165, 1.54) is 12.8 Å². The van der Waals surface area contributed by atoms with Gasteiger partial charge in [0.25, 0.3) is 0 Å². The highest BCUT2D eigenvalue weighted by atomic mass is 16.2. The van der Waals surface area contributed by atoms with Crippen molar-refractivity contribution in [1.29, 1.82) is 0 Å². The van der Waals surface area contributed by atoms with Crippen molar-refractivity contribution in [3.8, 4) is 0 Å². The van der Waals surface area contributed by atoms with Gasteiger partial charge < -0.3 is 5.73 Å². The smallest absolute Gasteiger partial charge is 0.332 e. The van der Waals surface area contributed by atoms with Crippen molar-refractivity contribution in [1.82, 2.24) is 5.43 Å². The van der Waals surface area contributed by atoms with Crippen molar-refractivity contribution < 1.29 is 4.79 Å². The first-order valence-corrected chi connectivity index (χ1v) is 5.50. The molecule has 2 saturated carbocycles. The molecule has 2 atom stereocenters. The molecule has 0 aromatic carbocycles. The molecule has 2 bridgehead atoms. The first kappa shape index (κ1) is 10.5. The van der Waals surface area contributed by atoms with Gasteiger partial charge in [0.15, 0.2) is 0 Å². The topological polar surface area (TPSA) is 67.5 Å². The highest BCUT2D eigenvalue weighted by Gasteiger charge is 2.59. The number of carbonyl (C=O) groups excluding carboxylic acids is 1. The Kier molecular flexibility index (Phi) is 2.07. The molecule has 2 rings (SSSR count). The van der Waals surface area contributed by atoms with Gasteiger partial charge in [-0.2, -0.15) is 5.10 Å². The lowest BCUT2D eigenvalue weighted by molar-refractivity contribution is 0.193. The fraction of sp³-hybridized carbons (Fsp3) is 0.818. The summed E-state index contributed by atoms with van der Waals surface area (Å²) >= 11 is 0. The molecular formula is C11H19N3O. The van der Waals surface area contributed by atoms with Crippen LogP contribution in [0, 0.1) is 16.7 Å². The molecule has 4 heteroatoms. The number of fused-ring (bicyclic) bond motifs is 2. The van der Waals surface area contributed by atoms with Crippen LogP contribution in [0.3, 0.4) is 0 Å². The van der Waals surface area contributed by atoms with Gasteiger partial charge in [-0.25, -0.2) is 10.2 Å². The van der Waals surface area contributed by atoms with Crippen LogP contribution in [0.4, 0.5) is 4.79 Å². The van der Waals surface area contributed by atoms with E-state index >= 15 is 0 Å². The van der Waals surface area contributed by atoms with Gasteiger partial charge >= 0.3 is 6.03 Å². The van der Waals surface area contributed by atoms with Crippen LogP contribution in [0.15, 0.2) is 5.10 Å². The molecule has 2 amide bonds. The van der Waals surface area contributed by atoms with Crippen LogP contribution in [-0.2, 0) is 0 Å². The molecule has 0 aromatic rings. The van der Waals surface area contributed by atoms with Crippen molar-refractivity contribution in [3.63, 3.8) is 0 Å². The summed E-state index contributed by atoms with van der Waals surface area (Å²) in [5.74, 6) is 0.705. The number of amides is 2. The van der Waals surface area contributed by atoms with Gasteiger partial charge in [-0.1, -0.05) is 20.8 Å². The Morgan fingerprint density at radius 1 is 1.53 bits per heavy atom. The molecule has 0 heterocycles. The van der Waals surface area contributed by atoms with E-state index in [0.717, 1.165) is 12.1 Å². The fourth-order valence-corrected chi connectivity index (χ4v) is 3.22. The van der Waals surface area contributed by atoms with Gasteiger partial charge in [0.05, 0.1) is 0 Å². The van der Waals surface area contributed by atoms with Crippen molar-refractivity contribution in [2.24, 2.45) is 27.6 Å². The van der Waals surface area contributed by atoms with E-state index in [1.807, 2.05) is 0 Å². The quantitative estimate of drug-likeness (QED) is 0.636. The molecule has 4 nitrogen and oxygen atoms in total. The molecular weight excluding hydrogens is 190 g/mol. The predicted octanol–water partition coefficient (Wildman–Crippen LogP) is 1.86. The van der Waals surface area contributed by atoms with E-state index in [1.54, 1.807) is 0 Å². The van der Waals surface area contributed by atoms with Crippen LogP contribution in [0.25, 0.3) is 0 Å². The van der Waals surface area contributed by atoms with Crippen molar-refractivity contribution >= 4 is 11.7 Å². The first-order valence-electron chi connectivity index (χ1n) is 5.50. The van der Waals surface area contributed by atoms with E-state index in [9.17, 15) is 4.79 Å². The minimum absolute atomic E-state index is 0.139. The van der Waals surface area contributed by atoms with Crippen molar-refractivity contribution in [2.45, 2.75) is 40.0 Å². The average molecular weight is 209 g/mol. The van der Waals surface area contributed by atoms with Crippen molar-refractivity contribution in [3.05, 3.63) is 0 Å². The van der Waals surface area contributed by atoms with Gasteiger partial charge in [0, 0.05) is 11.1 Å². The van der Waals surface area contributed by atoms with Gasteiger partial charge in [0.1, 0.15) is 0 Å². The van der Waals surface area contributed by atoms with E-state index in [-0.39, 0.29) is 5.41 Å². The summed E-state index contributed by atoms with van der Waals surface area (Å²) in [6.45, 7) is 6.86. The number of rotatable bonds is 1. The summed E-state index contributed by atoms with van der Waals surface area (Å²) in [6.07, 6.45) is 3.45. The van der Waals surface area contributed by atoms with E-state index < -0.39 is 6.03 Å². The standard InChI is InChI=1S/C11H19N3O/c1-10(2)7-4-5-11(10,3)8(6-7)13-14-9(12)15/h7H,4-6H2,1-3H3,(H3,12,14,15)/b13-8+/t7-,11-/m1/s1. The second kappa shape index (κ2) is 2.97. The summed E-state index contributed by atoms with van der Waals surface area (Å²) in [4.78, 5) is 10.6.